The minimum atomic E-state index is -3.70. The van der Waals surface area contributed by atoms with Gasteiger partial charge in [0.15, 0.2) is 0 Å². The van der Waals surface area contributed by atoms with Crippen molar-refractivity contribution in [1.29, 1.82) is 0 Å². The van der Waals surface area contributed by atoms with E-state index < -0.39 is 15.4 Å². The van der Waals surface area contributed by atoms with Crippen LogP contribution in [-0.2, 0) is 10.1 Å². The molecule has 0 spiro atoms. The molecule has 1 unspecified atom stereocenters. The largest absolute Gasteiger partial charge is 0.508 e. The molecule has 0 aromatic heterocycles. The molecular weight excluding hydrogens is 360 g/mol. The second kappa shape index (κ2) is 13.0. The third-order valence-electron chi connectivity index (χ3n) is 5.06. The first kappa shape index (κ1) is 23.8. The molecule has 0 radical (unpaired) electrons. The van der Waals surface area contributed by atoms with E-state index in [9.17, 15) is 13.5 Å². The van der Waals surface area contributed by atoms with Crippen molar-refractivity contribution in [2.45, 2.75) is 103 Å². The van der Waals surface area contributed by atoms with Crippen molar-refractivity contribution >= 4 is 10.1 Å². The summed E-state index contributed by atoms with van der Waals surface area (Å²) in [5.41, 5.74) is 0.697. The predicted octanol–water partition coefficient (Wildman–Crippen LogP) is 6.50. The maximum atomic E-state index is 12.8. The molecule has 1 atom stereocenters. The average molecular weight is 399 g/mol. The van der Waals surface area contributed by atoms with Crippen molar-refractivity contribution in [1.82, 2.24) is 0 Å². The molecule has 4 nitrogen and oxygen atoms in total. The van der Waals surface area contributed by atoms with Gasteiger partial charge in [-0.25, -0.2) is 0 Å². The predicted molar refractivity (Wildman–Crippen MR) is 113 cm³/mol. The monoisotopic (exact) mass is 398 g/mol. The van der Waals surface area contributed by atoms with Crippen LogP contribution < -0.4 is 4.18 Å². The molecule has 0 aliphatic heterocycles. The van der Waals surface area contributed by atoms with E-state index >= 15 is 0 Å². The van der Waals surface area contributed by atoms with E-state index in [1.54, 1.807) is 19.1 Å². The highest BCUT2D eigenvalue weighted by Crippen LogP contribution is 2.27. The molecule has 1 rings (SSSR count). The first-order valence-electron chi connectivity index (χ1n) is 10.6. The molecule has 1 N–H and O–H groups in total. The van der Waals surface area contributed by atoms with Crippen LogP contribution in [0.2, 0.25) is 0 Å². The van der Waals surface area contributed by atoms with Crippen LogP contribution in [0.25, 0.3) is 0 Å². The van der Waals surface area contributed by atoms with E-state index in [0.29, 0.717) is 18.4 Å². The summed E-state index contributed by atoms with van der Waals surface area (Å²) in [6, 6.07) is 4.65. The molecule has 5 heteroatoms. The Morgan fingerprint density at radius 2 is 1.41 bits per heavy atom. The number of phenols is 1. The third-order valence-corrected chi connectivity index (χ3v) is 6.77. The number of hydrogen-bond donors (Lipinski definition) is 1. The van der Waals surface area contributed by atoms with Crippen molar-refractivity contribution in [2.24, 2.45) is 0 Å². The lowest BCUT2D eigenvalue weighted by molar-refractivity contribution is 0.441. The van der Waals surface area contributed by atoms with Crippen LogP contribution in [0, 0.1) is 6.92 Å². The van der Waals surface area contributed by atoms with Gasteiger partial charge in [-0.1, -0.05) is 84.1 Å². The van der Waals surface area contributed by atoms with Crippen molar-refractivity contribution in [3.05, 3.63) is 23.8 Å². The summed E-state index contributed by atoms with van der Waals surface area (Å²) in [7, 11) is -3.70. The highest BCUT2D eigenvalue weighted by molar-refractivity contribution is 7.87. The van der Waals surface area contributed by atoms with Gasteiger partial charge in [0, 0.05) is 6.07 Å². The van der Waals surface area contributed by atoms with Crippen molar-refractivity contribution in [3.8, 4) is 11.5 Å². The summed E-state index contributed by atoms with van der Waals surface area (Å²) >= 11 is 0. The Bertz CT molecular complexity index is 625. The van der Waals surface area contributed by atoms with E-state index in [2.05, 4.69) is 13.8 Å². The second-order valence-electron chi connectivity index (χ2n) is 7.55. The molecule has 1 aromatic carbocycles. The molecule has 156 valence electrons. The fourth-order valence-corrected chi connectivity index (χ4v) is 4.65. The van der Waals surface area contributed by atoms with Gasteiger partial charge in [-0.15, -0.1) is 0 Å². The Labute approximate surface area is 166 Å². The average Bonchev–Trinajstić information content (AvgIpc) is 2.62. The molecule has 0 heterocycles. The fraction of sp³-hybridized carbons (Fsp3) is 0.727. The Morgan fingerprint density at radius 3 is 2.00 bits per heavy atom. The van der Waals surface area contributed by atoms with E-state index in [1.165, 1.54) is 38.2 Å². The van der Waals surface area contributed by atoms with Gasteiger partial charge < -0.3 is 9.29 Å². The van der Waals surface area contributed by atoms with E-state index in [-0.39, 0.29) is 11.5 Å². The van der Waals surface area contributed by atoms with Crippen LogP contribution in [0.3, 0.4) is 0 Å². The Kier molecular flexibility index (Phi) is 11.5. The van der Waals surface area contributed by atoms with E-state index in [4.69, 9.17) is 4.18 Å². The van der Waals surface area contributed by atoms with Gasteiger partial charge in [0.25, 0.3) is 0 Å². The van der Waals surface area contributed by atoms with E-state index in [0.717, 1.165) is 32.1 Å². The highest BCUT2D eigenvalue weighted by Gasteiger charge is 2.27. The first-order valence-corrected chi connectivity index (χ1v) is 12.1. The number of aromatic hydroxyl groups is 1. The molecule has 0 bridgehead atoms. The zero-order valence-corrected chi connectivity index (χ0v) is 18.2. The Balaban J connectivity index is 2.62. The van der Waals surface area contributed by atoms with Crippen molar-refractivity contribution < 1.29 is 17.7 Å². The number of hydrogen-bond acceptors (Lipinski definition) is 4. The smallest absolute Gasteiger partial charge is 0.312 e. The molecule has 0 aliphatic rings. The Morgan fingerprint density at radius 1 is 0.889 bits per heavy atom. The number of unbranched alkanes of at least 4 members (excludes halogenated alkanes) is 8. The van der Waals surface area contributed by atoms with Crippen LogP contribution >= 0.6 is 0 Å². The molecule has 0 aliphatic carbocycles. The minimum absolute atomic E-state index is 0.0531. The fourth-order valence-electron chi connectivity index (χ4n) is 3.23. The standard InChI is InChI=1S/C22H38O4S/c1-4-6-8-9-10-11-13-15-21(14-12-7-5-2)27(24,25)26-20-17-16-19(3)22(23)18-20/h16-18,21,23H,4-15H2,1-3H3. The van der Waals surface area contributed by atoms with Gasteiger partial charge >= 0.3 is 10.1 Å². The van der Waals surface area contributed by atoms with Gasteiger partial charge in [0.1, 0.15) is 11.5 Å². The lowest BCUT2D eigenvalue weighted by Gasteiger charge is -2.18. The van der Waals surface area contributed by atoms with Crippen molar-refractivity contribution in [3.63, 3.8) is 0 Å². The molecule has 27 heavy (non-hydrogen) atoms. The molecule has 0 fully saturated rings. The first-order chi connectivity index (χ1) is 12.9. The van der Waals surface area contributed by atoms with Crippen LogP contribution in [-0.4, -0.2) is 18.8 Å². The summed E-state index contributed by atoms with van der Waals surface area (Å²) in [4.78, 5) is 0. The topological polar surface area (TPSA) is 63.6 Å². The van der Waals surface area contributed by atoms with Gasteiger partial charge in [0.2, 0.25) is 0 Å². The van der Waals surface area contributed by atoms with Crippen LogP contribution in [0.4, 0.5) is 0 Å². The molecule has 0 saturated carbocycles. The molecule has 0 saturated heterocycles. The van der Waals surface area contributed by atoms with Gasteiger partial charge in [-0.2, -0.15) is 8.42 Å². The summed E-state index contributed by atoms with van der Waals surface area (Å²) in [5, 5.41) is 9.33. The summed E-state index contributed by atoms with van der Waals surface area (Å²) in [6.07, 6.45) is 12.5. The normalized spacial score (nSPS) is 12.9. The number of rotatable bonds is 15. The van der Waals surface area contributed by atoms with Crippen LogP contribution in [0.15, 0.2) is 18.2 Å². The minimum Gasteiger partial charge on any atom is -0.508 e. The Hall–Kier alpha value is -1.23. The zero-order chi connectivity index (χ0) is 20.1. The lowest BCUT2D eigenvalue weighted by Crippen LogP contribution is -2.26. The SMILES string of the molecule is CCCCCCCCCC(CCCCC)S(=O)(=O)Oc1ccc(C)c(O)c1. The maximum absolute atomic E-state index is 12.8. The van der Waals surface area contributed by atoms with Crippen LogP contribution in [0.1, 0.15) is 96.5 Å². The zero-order valence-electron chi connectivity index (χ0n) is 17.4. The number of benzene rings is 1. The molecular formula is C22H38O4S. The maximum Gasteiger partial charge on any atom is 0.312 e. The van der Waals surface area contributed by atoms with Crippen molar-refractivity contribution in [2.75, 3.05) is 0 Å². The van der Waals surface area contributed by atoms with E-state index in [1.807, 2.05) is 0 Å². The highest BCUT2D eigenvalue weighted by atomic mass is 32.2. The second-order valence-corrected chi connectivity index (χ2v) is 9.37. The summed E-state index contributed by atoms with van der Waals surface area (Å²) in [6.45, 7) is 6.09. The van der Waals surface area contributed by atoms with Gasteiger partial charge in [-0.05, 0) is 31.4 Å². The van der Waals surface area contributed by atoms with Crippen LogP contribution in [0.5, 0.6) is 11.5 Å². The van der Waals surface area contributed by atoms with Gasteiger partial charge in [0.05, 0.1) is 5.25 Å². The third kappa shape index (κ3) is 9.50. The quantitative estimate of drug-likeness (QED) is 0.270. The summed E-state index contributed by atoms with van der Waals surface area (Å²) in [5.74, 6) is 0.246. The van der Waals surface area contributed by atoms with Gasteiger partial charge in [-0.3, -0.25) is 0 Å². The summed E-state index contributed by atoms with van der Waals surface area (Å²) < 4.78 is 30.9. The number of aryl methyl sites for hydroxylation is 1. The molecule has 0 amide bonds. The number of phenolic OH excluding ortho intramolecular Hbond substituents is 1. The molecule has 1 aromatic rings. The lowest BCUT2D eigenvalue weighted by atomic mass is 10.0.